The number of carbonyl (C=O) groups excluding carboxylic acids is 1. The molecule has 2 heteroatoms. The highest BCUT2D eigenvalue weighted by Crippen LogP contribution is 2.30. The van der Waals surface area contributed by atoms with E-state index in [1.54, 1.807) is 0 Å². The van der Waals surface area contributed by atoms with Gasteiger partial charge in [0.25, 0.3) is 0 Å². The number of piperidine rings is 3. The molecule has 4 rings (SSSR count). The summed E-state index contributed by atoms with van der Waals surface area (Å²) in [6, 6.07) is 10.5. The maximum Gasteiger partial charge on any atom is 0.153 e. The van der Waals surface area contributed by atoms with Gasteiger partial charge in [0.15, 0.2) is 5.78 Å². The second kappa shape index (κ2) is 4.02. The molecular weight excluding hydrogens is 198 g/mol. The first-order chi connectivity index (χ1) is 7.84. The predicted molar refractivity (Wildman–Crippen MR) is 63.2 cm³/mol. The summed E-state index contributed by atoms with van der Waals surface area (Å²) in [5.41, 5.74) is 1.29. The topological polar surface area (TPSA) is 20.3 Å². The van der Waals surface area contributed by atoms with Crippen molar-refractivity contribution in [3.8, 4) is 0 Å². The van der Waals surface area contributed by atoms with Crippen LogP contribution in [0.15, 0.2) is 30.3 Å². The molecule has 1 aromatic rings. The summed E-state index contributed by atoms with van der Waals surface area (Å²) >= 11 is 0. The van der Waals surface area contributed by atoms with Crippen LogP contribution in [0, 0.1) is 5.92 Å². The second-order valence-corrected chi connectivity index (χ2v) is 4.92. The van der Waals surface area contributed by atoms with Gasteiger partial charge in [0.2, 0.25) is 0 Å². The fourth-order valence-electron chi connectivity index (χ4n) is 3.01. The molecule has 3 heterocycles. The minimum absolute atomic E-state index is 0.162. The van der Waals surface area contributed by atoms with E-state index < -0.39 is 0 Å². The Bertz CT molecular complexity index is 379. The van der Waals surface area contributed by atoms with E-state index in [2.05, 4.69) is 29.2 Å². The van der Waals surface area contributed by atoms with Crippen LogP contribution < -0.4 is 0 Å². The first-order valence-electron chi connectivity index (χ1n) is 6.16. The number of carbonyl (C=O) groups is 1. The fourth-order valence-corrected chi connectivity index (χ4v) is 3.01. The summed E-state index contributed by atoms with van der Waals surface area (Å²) in [6.45, 7) is 2.24. The Kier molecular flexibility index (Phi) is 2.52. The minimum atomic E-state index is 0.162. The summed E-state index contributed by atoms with van der Waals surface area (Å²) in [7, 11) is 0. The van der Waals surface area contributed by atoms with Gasteiger partial charge in [-0.05, 0) is 37.9 Å². The molecule has 3 aliphatic heterocycles. The van der Waals surface area contributed by atoms with Gasteiger partial charge < -0.3 is 0 Å². The molecule has 1 atom stereocenters. The molecule has 0 unspecified atom stereocenters. The van der Waals surface area contributed by atoms with E-state index in [1.807, 2.05) is 6.07 Å². The van der Waals surface area contributed by atoms with Crippen LogP contribution in [0.4, 0.5) is 0 Å². The average molecular weight is 215 g/mol. The van der Waals surface area contributed by atoms with Crippen LogP contribution in [0.1, 0.15) is 18.4 Å². The molecule has 0 amide bonds. The summed E-state index contributed by atoms with van der Waals surface area (Å²) < 4.78 is 0. The monoisotopic (exact) mass is 215 g/mol. The van der Waals surface area contributed by atoms with Gasteiger partial charge in [-0.25, -0.2) is 0 Å². The van der Waals surface area contributed by atoms with Crippen molar-refractivity contribution in [3.05, 3.63) is 35.9 Å². The number of hydrogen-bond acceptors (Lipinski definition) is 2. The molecule has 2 nitrogen and oxygen atoms in total. The molecule has 0 aromatic heterocycles. The highest BCUT2D eigenvalue weighted by Gasteiger charge is 2.40. The first kappa shape index (κ1) is 10.0. The van der Waals surface area contributed by atoms with Crippen molar-refractivity contribution in [2.45, 2.75) is 25.3 Å². The van der Waals surface area contributed by atoms with Gasteiger partial charge in [0, 0.05) is 5.92 Å². The summed E-state index contributed by atoms with van der Waals surface area (Å²) in [5.74, 6) is 0.847. The van der Waals surface area contributed by atoms with Crippen molar-refractivity contribution >= 4 is 5.78 Å². The number of benzene rings is 1. The van der Waals surface area contributed by atoms with Gasteiger partial charge in [-0.1, -0.05) is 30.3 Å². The maximum absolute atomic E-state index is 12.1. The second-order valence-electron chi connectivity index (χ2n) is 4.92. The summed E-state index contributed by atoms with van der Waals surface area (Å²) in [4.78, 5) is 14.5. The van der Waals surface area contributed by atoms with Crippen molar-refractivity contribution in [2.24, 2.45) is 5.92 Å². The van der Waals surface area contributed by atoms with Gasteiger partial charge in [-0.15, -0.1) is 0 Å². The number of Topliss-reactive ketones (excluding diaryl/α,β-unsaturated/α-hetero) is 1. The fraction of sp³-hybridized carbons (Fsp3) is 0.500. The van der Waals surface area contributed by atoms with Gasteiger partial charge >= 0.3 is 0 Å². The van der Waals surface area contributed by atoms with Crippen molar-refractivity contribution in [1.82, 2.24) is 4.90 Å². The van der Waals surface area contributed by atoms with Crippen molar-refractivity contribution in [1.29, 1.82) is 0 Å². The third-order valence-corrected chi connectivity index (χ3v) is 3.97. The zero-order chi connectivity index (χ0) is 11.0. The smallest absolute Gasteiger partial charge is 0.153 e. The van der Waals surface area contributed by atoms with E-state index >= 15 is 0 Å². The Labute approximate surface area is 96.3 Å². The highest BCUT2D eigenvalue weighted by atomic mass is 16.1. The molecule has 84 valence electrons. The Hall–Kier alpha value is -1.15. The Morgan fingerprint density at radius 2 is 1.81 bits per heavy atom. The largest absolute Gasteiger partial charge is 0.298 e. The van der Waals surface area contributed by atoms with E-state index in [0.717, 1.165) is 32.4 Å². The zero-order valence-corrected chi connectivity index (χ0v) is 9.43. The van der Waals surface area contributed by atoms with Gasteiger partial charge in [-0.3, -0.25) is 9.69 Å². The van der Waals surface area contributed by atoms with Gasteiger partial charge in [-0.2, -0.15) is 0 Å². The van der Waals surface area contributed by atoms with E-state index in [9.17, 15) is 4.79 Å². The summed E-state index contributed by atoms with van der Waals surface area (Å²) in [5, 5.41) is 0. The molecule has 16 heavy (non-hydrogen) atoms. The van der Waals surface area contributed by atoms with E-state index in [1.165, 1.54) is 5.56 Å². The molecule has 0 aliphatic carbocycles. The van der Waals surface area contributed by atoms with Gasteiger partial charge in [0.1, 0.15) is 0 Å². The van der Waals surface area contributed by atoms with Crippen LogP contribution in [0.5, 0.6) is 0 Å². The van der Waals surface area contributed by atoms with Crippen LogP contribution in [0.3, 0.4) is 0 Å². The van der Waals surface area contributed by atoms with Crippen molar-refractivity contribution < 1.29 is 4.79 Å². The minimum Gasteiger partial charge on any atom is -0.298 e. The Morgan fingerprint density at radius 1 is 1.12 bits per heavy atom. The van der Waals surface area contributed by atoms with Gasteiger partial charge in [0.05, 0.1) is 6.04 Å². The predicted octanol–water partition coefficient (Wildman–Crippen LogP) is 1.89. The molecule has 2 bridgehead atoms. The summed E-state index contributed by atoms with van der Waals surface area (Å²) in [6.07, 6.45) is 3.07. The van der Waals surface area contributed by atoms with Crippen molar-refractivity contribution in [3.63, 3.8) is 0 Å². The van der Waals surface area contributed by atoms with Crippen molar-refractivity contribution in [2.75, 3.05) is 13.1 Å². The van der Waals surface area contributed by atoms with Crippen LogP contribution in [-0.4, -0.2) is 29.8 Å². The lowest BCUT2D eigenvalue weighted by Gasteiger charge is -2.44. The maximum atomic E-state index is 12.1. The Morgan fingerprint density at radius 3 is 2.44 bits per heavy atom. The van der Waals surface area contributed by atoms with Crippen LogP contribution in [0.25, 0.3) is 0 Å². The number of nitrogens with zero attached hydrogens (tertiary/aromatic N) is 1. The first-order valence-corrected chi connectivity index (χ1v) is 6.16. The quantitative estimate of drug-likeness (QED) is 0.751. The lowest BCUT2D eigenvalue weighted by molar-refractivity contribution is -0.136. The van der Waals surface area contributed by atoms with Crippen LogP contribution in [-0.2, 0) is 11.2 Å². The molecule has 0 N–H and O–H groups in total. The molecule has 3 saturated heterocycles. The molecule has 1 aromatic carbocycles. The zero-order valence-electron chi connectivity index (χ0n) is 9.43. The SMILES string of the molecule is O=C1C2CCN(CC2)[C@H]1Cc1ccccc1. The molecule has 0 saturated carbocycles. The lowest BCUT2D eigenvalue weighted by atomic mass is 9.80. The molecule has 3 fully saturated rings. The van der Waals surface area contributed by atoms with Crippen LogP contribution >= 0.6 is 0 Å². The normalized spacial score (nSPS) is 33.0. The number of fused-ring (bicyclic) bond motifs is 3. The number of ketones is 1. The third-order valence-electron chi connectivity index (χ3n) is 3.97. The molecule has 3 aliphatic rings. The lowest BCUT2D eigenvalue weighted by Crippen LogP contribution is -2.56. The number of rotatable bonds is 2. The van der Waals surface area contributed by atoms with Crippen LogP contribution in [0.2, 0.25) is 0 Å². The van der Waals surface area contributed by atoms with E-state index in [0.29, 0.717) is 11.7 Å². The third kappa shape index (κ3) is 1.67. The molecule has 0 radical (unpaired) electrons. The van der Waals surface area contributed by atoms with E-state index in [-0.39, 0.29) is 6.04 Å². The number of hydrogen-bond donors (Lipinski definition) is 0. The molecule has 0 spiro atoms. The Balaban J connectivity index is 1.78. The molecular formula is C14H17NO. The average Bonchev–Trinajstić information content (AvgIpc) is 2.36. The highest BCUT2D eigenvalue weighted by molar-refractivity contribution is 5.88. The standard InChI is InChI=1S/C14H17NO/c16-14-12-6-8-15(9-7-12)13(14)10-11-4-2-1-3-5-11/h1-5,12-13H,6-10H2/t13-/m0/s1. The van der Waals surface area contributed by atoms with E-state index in [4.69, 9.17) is 0 Å².